The minimum atomic E-state index is -0.395. The Morgan fingerprint density at radius 3 is 1.75 bits per heavy atom. The summed E-state index contributed by atoms with van der Waals surface area (Å²) < 4.78 is 26.4. The van der Waals surface area contributed by atoms with Crippen molar-refractivity contribution in [1.29, 1.82) is 0 Å². The third kappa shape index (κ3) is 28.2. The van der Waals surface area contributed by atoms with Crippen molar-refractivity contribution in [3.05, 3.63) is 144 Å². The second-order valence-corrected chi connectivity index (χ2v) is 29.1. The minimum absolute atomic E-state index is 0. The van der Waals surface area contributed by atoms with Crippen molar-refractivity contribution in [2.75, 3.05) is 77.4 Å². The van der Waals surface area contributed by atoms with E-state index < -0.39 is 5.41 Å². The zero-order valence-corrected chi connectivity index (χ0v) is 61.2. The lowest BCUT2D eigenvalue weighted by atomic mass is 9.90. The highest BCUT2D eigenvalue weighted by molar-refractivity contribution is 5.97. The molecule has 8 rings (SSSR count). The summed E-state index contributed by atoms with van der Waals surface area (Å²) in [6.45, 7) is 45.5. The van der Waals surface area contributed by atoms with Crippen molar-refractivity contribution in [3.8, 4) is 0 Å². The van der Waals surface area contributed by atoms with Gasteiger partial charge >= 0.3 is 0 Å². The van der Waals surface area contributed by atoms with Crippen molar-refractivity contribution in [1.82, 2.24) is 34.9 Å². The number of pyridine rings is 2. The normalized spacial score (nSPS) is 18.8. The number of carbonyl (C=O) groups excluding carboxylic acids is 3. The Bertz CT molecular complexity index is 3100. The molecule has 0 spiro atoms. The van der Waals surface area contributed by atoms with Crippen molar-refractivity contribution < 1.29 is 23.2 Å². The number of nitrogens with one attached hydrogen (secondary N) is 3. The van der Waals surface area contributed by atoms with E-state index in [1.54, 1.807) is 38.1 Å². The average Bonchev–Trinajstić information content (AvgIpc) is 1.62. The molecule has 3 aliphatic heterocycles. The first-order valence-corrected chi connectivity index (χ1v) is 35.6. The Morgan fingerprint density at radius 1 is 0.726 bits per heavy atom. The van der Waals surface area contributed by atoms with Crippen LogP contribution in [0.15, 0.2) is 87.1 Å². The first kappa shape index (κ1) is 83.3. The van der Waals surface area contributed by atoms with Gasteiger partial charge in [-0.2, -0.15) is 0 Å². The van der Waals surface area contributed by atoms with Crippen molar-refractivity contribution in [2.24, 2.45) is 22.7 Å². The Labute approximate surface area is 573 Å². The maximum atomic E-state index is 14.2. The lowest BCUT2D eigenvalue weighted by molar-refractivity contribution is -0.121. The SMILES string of the molecule is C.C=N/C(=C\N(C)CCC(C)=O)CCN1CCN(C[C@H]2CN[C@H](C)CN2CC(=O)N2CC(C)(C)c3[nH]c(=O)c(Cc4ccc(F)cc4)cc32)[C@H](C)C1.CC1(C)CCc2cc(Cc3ccc(F)cc3)c(=O)[nH]c21.CCC(C)=O.CCCC.CC[C@@H](C)CCC(C)CC[C@H](C)CC. The van der Waals surface area contributed by atoms with E-state index in [9.17, 15) is 32.8 Å². The van der Waals surface area contributed by atoms with Crippen molar-refractivity contribution in [2.45, 2.75) is 243 Å². The third-order valence-electron chi connectivity index (χ3n) is 19.6. The average molecular weight is 1320 g/mol. The molecule has 2 aromatic carbocycles. The number of fused-ring (bicyclic) bond motifs is 2. The smallest absolute Gasteiger partial charge is 0.251 e. The number of H-pyrrole nitrogens is 2. The predicted molar refractivity (Wildman–Crippen MR) is 395 cm³/mol. The fraction of sp³-hybridized carbons (Fsp3) is 0.646. The topological polar surface area (TPSA) is 158 Å². The largest absolute Gasteiger partial charge is 0.379 e. The van der Waals surface area contributed by atoms with Crippen LogP contribution in [0, 0.1) is 29.4 Å². The highest BCUT2D eigenvalue weighted by atomic mass is 19.1. The number of amides is 1. The lowest BCUT2D eigenvalue weighted by Gasteiger charge is -2.45. The molecule has 1 amide bonds. The van der Waals surface area contributed by atoms with E-state index in [0.29, 0.717) is 56.9 Å². The van der Waals surface area contributed by atoms with Crippen LogP contribution in [0.2, 0.25) is 0 Å². The quantitative estimate of drug-likeness (QED) is 0.0517. The molecule has 0 unspecified atom stereocenters. The number of unbranched alkanes of at least 4 members (excludes halogenated alkanes) is 1. The van der Waals surface area contributed by atoms with E-state index in [4.69, 9.17) is 0 Å². The second-order valence-electron chi connectivity index (χ2n) is 29.1. The molecule has 2 fully saturated rings. The number of aromatic amines is 2. The van der Waals surface area contributed by atoms with E-state index >= 15 is 0 Å². The van der Waals surface area contributed by atoms with Gasteiger partial charge in [-0.15, -0.1) is 0 Å². The molecule has 532 valence electrons. The van der Waals surface area contributed by atoms with Crippen LogP contribution in [-0.4, -0.2) is 144 Å². The molecule has 3 N–H and O–H groups in total. The van der Waals surface area contributed by atoms with E-state index in [1.807, 2.05) is 42.1 Å². The number of ketones is 2. The molecular weight excluding hydrogens is 1190 g/mol. The van der Waals surface area contributed by atoms with E-state index in [0.717, 1.165) is 122 Å². The molecule has 95 heavy (non-hydrogen) atoms. The fourth-order valence-corrected chi connectivity index (χ4v) is 12.3. The van der Waals surface area contributed by atoms with Crippen LogP contribution >= 0.6 is 0 Å². The standard InChI is InChI=1S/C39H57FN8O3.C17H18FNO.C14H30.C4H8O.C4H10.CH4/c1-27-21-47(25-36(50)48-26-39(4,5)37-35(48)19-31(38(51)43-37)18-30-8-10-32(40)11-9-30)34(20-42-27)24-46-17-16-45(22-28(46)2)15-13-33(41-6)23-44(7)14-12-29(3)49;1-17(2)8-7-12-10-13(16(20)19-15(12)17)9-11-3-5-14(18)6-4-11;1-6-12(3)8-10-14(5)11-9-13(4)7-2;1-3-4(2)5;1-3-4-2;/h8-11,19,23,27-28,34,42H,6,12-18,20-22,24-26H2,1-5,7H3,(H,43,51);3-6,10H,7-9H2,1-2H3,(H,19,20);12-14H,6-11H2,1-5H3;3H2,1-2H3;3-4H2,1-2H3;1H4/b33-23-;;;;;/t27-,28-,34-;;12-,13-;;;/m1.1.../s1. The number of aromatic nitrogens is 2. The van der Waals surface area contributed by atoms with Gasteiger partial charge in [0.15, 0.2) is 0 Å². The monoisotopic (exact) mass is 1320 g/mol. The number of rotatable bonds is 26. The Kier molecular flexibility index (Phi) is 36.2. The van der Waals surface area contributed by atoms with Gasteiger partial charge in [0.05, 0.1) is 17.9 Å². The van der Waals surface area contributed by atoms with E-state index in [-0.39, 0.29) is 65.2 Å². The summed E-state index contributed by atoms with van der Waals surface area (Å²) in [5.74, 6) is 2.70. The van der Waals surface area contributed by atoms with Crippen molar-refractivity contribution >= 4 is 29.9 Å². The number of Topliss-reactive ketones (excluding diaryl/α,β-unsaturated/α-hetero) is 2. The van der Waals surface area contributed by atoms with Gasteiger partial charge in [0.1, 0.15) is 23.2 Å². The van der Waals surface area contributed by atoms with Gasteiger partial charge in [-0.3, -0.25) is 34.0 Å². The zero-order valence-electron chi connectivity index (χ0n) is 61.2. The fourth-order valence-electron chi connectivity index (χ4n) is 12.3. The molecule has 2 aromatic heterocycles. The maximum Gasteiger partial charge on any atom is 0.251 e. The van der Waals surface area contributed by atoms with E-state index in [2.05, 4.69) is 132 Å². The molecule has 14 nitrogen and oxygen atoms in total. The zero-order chi connectivity index (χ0) is 69.9. The summed E-state index contributed by atoms with van der Waals surface area (Å²) in [4.78, 5) is 82.3. The number of aryl methyl sites for hydroxylation is 1. The Balaban J connectivity index is 0.000000432. The number of piperazine rings is 2. The molecule has 5 heterocycles. The molecule has 0 bridgehead atoms. The number of hydrogen-bond acceptors (Lipinski definition) is 11. The molecule has 4 aliphatic rings. The molecule has 5 atom stereocenters. The number of aliphatic imine (C=N–C) groups is 1. The summed E-state index contributed by atoms with van der Waals surface area (Å²) in [6.07, 6.45) is 18.0. The summed E-state index contributed by atoms with van der Waals surface area (Å²) >= 11 is 0. The summed E-state index contributed by atoms with van der Waals surface area (Å²) in [5.41, 5.74) is 7.36. The van der Waals surface area contributed by atoms with Crippen LogP contribution in [0.5, 0.6) is 0 Å². The molecule has 16 heteroatoms. The number of nitrogens with zero attached hydrogens (tertiary/aromatic N) is 6. The lowest BCUT2D eigenvalue weighted by Crippen LogP contribution is -2.63. The summed E-state index contributed by atoms with van der Waals surface area (Å²) in [7, 11) is 1.97. The number of carbonyl (C=O) groups is 3. The first-order chi connectivity index (χ1) is 44.4. The number of halogens is 2. The maximum absolute atomic E-state index is 14.2. The van der Waals surface area contributed by atoms with Crippen molar-refractivity contribution in [3.63, 3.8) is 0 Å². The van der Waals surface area contributed by atoms with Gasteiger partial charge < -0.3 is 34.8 Å². The Hall–Kier alpha value is -5.94. The van der Waals surface area contributed by atoms with Crippen LogP contribution in [0.1, 0.15) is 234 Å². The summed E-state index contributed by atoms with van der Waals surface area (Å²) in [6, 6.07) is 17.2. The third-order valence-corrected chi connectivity index (χ3v) is 19.6. The molecule has 1 aliphatic carbocycles. The van der Waals surface area contributed by atoms with Gasteiger partial charge in [-0.25, -0.2) is 8.78 Å². The first-order valence-electron chi connectivity index (χ1n) is 35.6. The van der Waals surface area contributed by atoms with Gasteiger partial charge in [0, 0.05) is 156 Å². The highest BCUT2D eigenvalue weighted by Crippen LogP contribution is 2.40. The number of anilines is 1. The van der Waals surface area contributed by atoms with Crippen LogP contribution in [-0.2, 0) is 44.5 Å². The van der Waals surface area contributed by atoms with E-state index in [1.165, 1.54) is 81.2 Å². The van der Waals surface area contributed by atoms with Crippen LogP contribution in [0.3, 0.4) is 0 Å². The number of hydrogen-bond donors (Lipinski definition) is 3. The molecule has 2 saturated heterocycles. The molecule has 4 aromatic rings. The minimum Gasteiger partial charge on any atom is -0.379 e. The number of benzene rings is 2. The van der Waals surface area contributed by atoms with Gasteiger partial charge in [-0.1, -0.05) is 166 Å². The van der Waals surface area contributed by atoms with Gasteiger partial charge in [0.2, 0.25) is 5.91 Å². The highest BCUT2D eigenvalue weighted by Gasteiger charge is 2.41. The molecule has 0 saturated carbocycles. The van der Waals surface area contributed by atoms with Crippen LogP contribution < -0.4 is 21.3 Å². The molecule has 0 radical (unpaired) electrons. The van der Waals surface area contributed by atoms with Crippen LogP contribution in [0.4, 0.5) is 14.5 Å². The van der Waals surface area contributed by atoms with Gasteiger partial charge in [-0.05, 0) is 118 Å². The second kappa shape index (κ2) is 41.3. The summed E-state index contributed by atoms with van der Waals surface area (Å²) in [5, 5.41) is 3.64. The van der Waals surface area contributed by atoms with Crippen LogP contribution in [0.25, 0.3) is 0 Å². The molecular formula is C79H127F2N9O5. The van der Waals surface area contributed by atoms with Gasteiger partial charge in [0.25, 0.3) is 11.1 Å². The predicted octanol–water partition coefficient (Wildman–Crippen LogP) is 15.3. The Morgan fingerprint density at radius 2 is 1.25 bits per heavy atom.